The maximum atomic E-state index is 11.4. The smallest absolute Gasteiger partial charge is 0.130 e. The van der Waals surface area contributed by atoms with Crippen LogP contribution in [0, 0.1) is 17.8 Å². The maximum Gasteiger partial charge on any atom is 0.130 e. The summed E-state index contributed by atoms with van der Waals surface area (Å²) >= 11 is 0. The molecule has 1 saturated carbocycles. The summed E-state index contributed by atoms with van der Waals surface area (Å²) in [5.74, 6) is 2.03. The molecule has 1 heteroatoms. The van der Waals surface area contributed by atoms with Crippen LogP contribution in [0.4, 0.5) is 0 Å². The van der Waals surface area contributed by atoms with Gasteiger partial charge in [0, 0.05) is 12.3 Å². The van der Waals surface area contributed by atoms with E-state index < -0.39 is 0 Å². The molecule has 0 aliphatic heterocycles. The molecule has 0 heterocycles. The van der Waals surface area contributed by atoms with Gasteiger partial charge in [-0.05, 0) is 37.2 Å². The molecule has 3 atom stereocenters. The van der Waals surface area contributed by atoms with Crippen molar-refractivity contribution in [3.63, 3.8) is 0 Å². The zero-order valence-corrected chi connectivity index (χ0v) is 10.9. The number of hydrogen-bond donors (Lipinski definition) is 0. The summed E-state index contributed by atoms with van der Waals surface area (Å²) in [6.07, 6.45) is 17.9. The van der Waals surface area contributed by atoms with Gasteiger partial charge in [-0.3, -0.25) is 0 Å². The summed E-state index contributed by atoms with van der Waals surface area (Å²) in [6, 6.07) is 0. The highest BCUT2D eigenvalue weighted by Crippen LogP contribution is 2.46. The Hall–Kier alpha value is -1.37. The molecule has 3 aliphatic rings. The average molecular weight is 240 g/mol. The Morgan fingerprint density at radius 3 is 3.00 bits per heavy atom. The van der Waals surface area contributed by atoms with Crippen molar-refractivity contribution < 1.29 is 4.79 Å². The molecule has 3 unspecified atom stereocenters. The van der Waals surface area contributed by atoms with Crippen LogP contribution in [0.15, 0.2) is 47.6 Å². The second kappa shape index (κ2) is 4.72. The number of carbonyl (C=O) groups excluding carboxylic acids is 1. The largest absolute Gasteiger partial charge is 0.300 e. The lowest BCUT2D eigenvalue weighted by Gasteiger charge is -2.39. The Morgan fingerprint density at radius 1 is 1.28 bits per heavy atom. The number of fused-ring (bicyclic) bond motifs is 3. The van der Waals surface area contributed by atoms with Gasteiger partial charge in [0.05, 0.1) is 0 Å². The third kappa shape index (κ3) is 2.03. The van der Waals surface area contributed by atoms with Gasteiger partial charge in [-0.25, -0.2) is 0 Å². The lowest BCUT2D eigenvalue weighted by molar-refractivity contribution is -0.117. The molecule has 0 radical (unpaired) electrons. The Morgan fingerprint density at radius 2 is 2.17 bits per heavy atom. The van der Waals surface area contributed by atoms with Crippen LogP contribution in [0.2, 0.25) is 0 Å². The van der Waals surface area contributed by atoms with Crippen LogP contribution in [0.3, 0.4) is 0 Å². The first-order valence-electron chi connectivity index (χ1n) is 7.01. The molecule has 0 bridgehead atoms. The fourth-order valence-electron chi connectivity index (χ4n) is 3.73. The topological polar surface area (TPSA) is 17.1 Å². The molecule has 0 aromatic heterocycles. The Kier molecular flexibility index (Phi) is 3.07. The van der Waals surface area contributed by atoms with Gasteiger partial charge >= 0.3 is 0 Å². The van der Waals surface area contributed by atoms with Crippen molar-refractivity contribution in [2.24, 2.45) is 17.8 Å². The van der Waals surface area contributed by atoms with Gasteiger partial charge < -0.3 is 4.79 Å². The van der Waals surface area contributed by atoms with Gasteiger partial charge in [0.15, 0.2) is 0 Å². The average Bonchev–Trinajstić information content (AvgIpc) is 2.38. The lowest BCUT2D eigenvalue weighted by Crippen LogP contribution is -2.29. The van der Waals surface area contributed by atoms with Gasteiger partial charge in [0.25, 0.3) is 0 Å². The van der Waals surface area contributed by atoms with Gasteiger partial charge in [0.2, 0.25) is 0 Å². The first-order chi connectivity index (χ1) is 8.75. The number of allylic oxidation sites excluding steroid dienone is 8. The fraction of sp³-hybridized carbons (Fsp3) is 0.471. The van der Waals surface area contributed by atoms with E-state index in [1.165, 1.54) is 30.4 Å². The van der Waals surface area contributed by atoms with Crippen molar-refractivity contribution in [1.29, 1.82) is 0 Å². The number of ketones is 1. The molecule has 3 rings (SSSR count). The second-order valence-corrected chi connectivity index (χ2v) is 5.74. The minimum absolute atomic E-state index is 0.329. The zero-order valence-electron chi connectivity index (χ0n) is 10.9. The zero-order chi connectivity index (χ0) is 12.5. The normalized spacial score (nSPS) is 33.3. The first-order valence-corrected chi connectivity index (χ1v) is 7.01. The van der Waals surface area contributed by atoms with Crippen molar-refractivity contribution in [2.45, 2.75) is 32.6 Å². The van der Waals surface area contributed by atoms with E-state index in [1.54, 1.807) is 6.92 Å². The molecular weight excluding hydrogens is 220 g/mol. The molecule has 94 valence electrons. The first kappa shape index (κ1) is 11.7. The summed E-state index contributed by atoms with van der Waals surface area (Å²) in [6.45, 7) is 1.72. The minimum Gasteiger partial charge on any atom is -0.300 e. The summed E-state index contributed by atoms with van der Waals surface area (Å²) in [5, 5.41) is 0. The molecule has 1 nitrogen and oxygen atoms in total. The third-order valence-corrected chi connectivity index (χ3v) is 4.51. The number of hydrogen-bond acceptors (Lipinski definition) is 1. The van der Waals surface area contributed by atoms with Crippen molar-refractivity contribution in [3.05, 3.63) is 47.6 Å². The molecule has 0 saturated heterocycles. The Labute approximate surface area is 109 Å². The molecule has 0 aromatic carbocycles. The van der Waals surface area contributed by atoms with Gasteiger partial charge in [-0.1, -0.05) is 48.5 Å². The van der Waals surface area contributed by atoms with Gasteiger partial charge in [-0.15, -0.1) is 0 Å². The highest BCUT2D eigenvalue weighted by Gasteiger charge is 2.35. The van der Waals surface area contributed by atoms with Gasteiger partial charge in [-0.2, -0.15) is 0 Å². The number of Topliss-reactive ketones (excluding diaryl/α,β-unsaturated/α-hetero) is 1. The molecule has 0 spiro atoms. The highest BCUT2D eigenvalue weighted by atomic mass is 16.1. The fourth-order valence-corrected chi connectivity index (χ4v) is 3.73. The van der Waals surface area contributed by atoms with Crippen molar-refractivity contribution in [1.82, 2.24) is 0 Å². The van der Waals surface area contributed by atoms with Crippen LogP contribution < -0.4 is 0 Å². The van der Waals surface area contributed by atoms with Crippen LogP contribution in [-0.4, -0.2) is 5.78 Å². The van der Waals surface area contributed by atoms with Crippen LogP contribution in [0.5, 0.6) is 0 Å². The second-order valence-electron chi connectivity index (χ2n) is 5.74. The predicted octanol–water partition coefficient (Wildman–Crippen LogP) is 3.99. The van der Waals surface area contributed by atoms with E-state index in [-0.39, 0.29) is 0 Å². The van der Waals surface area contributed by atoms with E-state index >= 15 is 0 Å². The van der Waals surface area contributed by atoms with E-state index in [0.29, 0.717) is 23.5 Å². The molecular formula is C17H20O. The predicted molar refractivity (Wildman–Crippen MR) is 74.1 cm³/mol. The van der Waals surface area contributed by atoms with Crippen LogP contribution in [-0.2, 0) is 4.79 Å². The number of carbonyl (C=O) groups is 1. The Balaban J connectivity index is 1.90. The number of rotatable bonds is 2. The van der Waals surface area contributed by atoms with Crippen LogP contribution in [0.1, 0.15) is 32.6 Å². The summed E-state index contributed by atoms with van der Waals surface area (Å²) in [7, 11) is 0. The van der Waals surface area contributed by atoms with Gasteiger partial charge in [0.1, 0.15) is 5.78 Å². The Bertz CT molecular complexity index is 476. The third-order valence-electron chi connectivity index (χ3n) is 4.51. The molecule has 0 amide bonds. The molecule has 3 aliphatic carbocycles. The van der Waals surface area contributed by atoms with E-state index in [1.807, 2.05) is 0 Å². The van der Waals surface area contributed by atoms with E-state index in [4.69, 9.17) is 0 Å². The lowest BCUT2D eigenvalue weighted by atomic mass is 9.65. The summed E-state index contributed by atoms with van der Waals surface area (Å²) in [4.78, 5) is 11.4. The minimum atomic E-state index is 0.329. The molecule has 1 fully saturated rings. The SMILES string of the molecule is CC(=O)CC1CCCC2C1=CC=C1C=CC=CC12. The quantitative estimate of drug-likeness (QED) is 0.713. The molecule has 0 aromatic rings. The summed E-state index contributed by atoms with van der Waals surface area (Å²) in [5.41, 5.74) is 2.97. The van der Waals surface area contributed by atoms with Crippen molar-refractivity contribution in [3.8, 4) is 0 Å². The highest BCUT2D eigenvalue weighted by molar-refractivity contribution is 5.76. The van der Waals surface area contributed by atoms with E-state index in [0.717, 1.165) is 6.42 Å². The maximum absolute atomic E-state index is 11.4. The summed E-state index contributed by atoms with van der Waals surface area (Å²) < 4.78 is 0. The van der Waals surface area contributed by atoms with Crippen LogP contribution >= 0.6 is 0 Å². The van der Waals surface area contributed by atoms with E-state index in [2.05, 4.69) is 36.5 Å². The monoisotopic (exact) mass is 240 g/mol. The molecule has 0 N–H and O–H groups in total. The van der Waals surface area contributed by atoms with Crippen molar-refractivity contribution >= 4 is 5.78 Å². The standard InChI is InChI=1S/C17H20O/c1-12(18)11-14-6-4-8-17-15-7-3-2-5-13(15)9-10-16(14)17/h2-3,5,7,9-10,14-15,17H,4,6,8,11H2,1H3. The van der Waals surface area contributed by atoms with Crippen LogP contribution in [0.25, 0.3) is 0 Å². The molecule has 18 heavy (non-hydrogen) atoms. The van der Waals surface area contributed by atoms with Crippen molar-refractivity contribution in [2.75, 3.05) is 0 Å². The van der Waals surface area contributed by atoms with E-state index in [9.17, 15) is 4.79 Å².